The Labute approximate surface area is 190 Å². The van der Waals surface area contributed by atoms with Crippen molar-refractivity contribution in [2.45, 2.75) is 66.5 Å². The Morgan fingerprint density at radius 3 is 2.31 bits per heavy atom. The van der Waals surface area contributed by atoms with Gasteiger partial charge in [0.1, 0.15) is 18.2 Å². The zero-order valence-corrected chi connectivity index (χ0v) is 20.1. The summed E-state index contributed by atoms with van der Waals surface area (Å²) in [6.07, 6.45) is 1.53. The molecule has 32 heavy (non-hydrogen) atoms. The van der Waals surface area contributed by atoms with E-state index >= 15 is 0 Å². The maximum absolute atomic E-state index is 13.1. The third-order valence-corrected chi connectivity index (χ3v) is 6.26. The lowest BCUT2D eigenvalue weighted by atomic mass is 9.98. The molecule has 0 fully saturated rings. The first kappa shape index (κ1) is 23.6. The number of carbonyl (C=O) groups is 2. The van der Waals surface area contributed by atoms with Crippen molar-refractivity contribution in [2.75, 3.05) is 6.61 Å². The number of ether oxygens (including phenoxy) is 2. The van der Waals surface area contributed by atoms with Gasteiger partial charge in [0.05, 0.1) is 0 Å². The zero-order valence-electron chi connectivity index (χ0n) is 20.1. The number of aromatic amines is 1. The van der Waals surface area contributed by atoms with Crippen molar-refractivity contribution in [1.82, 2.24) is 10.3 Å². The number of amides is 1. The lowest BCUT2D eigenvalue weighted by Crippen LogP contribution is -2.45. The van der Waals surface area contributed by atoms with Gasteiger partial charge in [-0.2, -0.15) is 0 Å². The molecule has 2 N–H and O–H groups in total. The van der Waals surface area contributed by atoms with Gasteiger partial charge in [0.25, 0.3) is 0 Å². The SMILES string of the molecule is CC1=C(C)C(COC(=O)[C@H](Cc2c[nH]c3ccccc23)NC(=O)OC(C)(C)C)C(C)=C1C. The van der Waals surface area contributed by atoms with Crippen LogP contribution in [-0.4, -0.2) is 35.3 Å². The predicted molar refractivity (Wildman–Crippen MR) is 126 cm³/mol. The largest absolute Gasteiger partial charge is 0.463 e. The van der Waals surface area contributed by atoms with E-state index in [0.29, 0.717) is 6.42 Å². The number of hydrogen-bond acceptors (Lipinski definition) is 4. The molecule has 0 spiro atoms. The summed E-state index contributed by atoms with van der Waals surface area (Å²) in [4.78, 5) is 28.8. The van der Waals surface area contributed by atoms with Gasteiger partial charge in [-0.1, -0.05) is 29.3 Å². The van der Waals surface area contributed by atoms with Crippen molar-refractivity contribution in [3.63, 3.8) is 0 Å². The molecule has 1 aromatic heterocycles. The molecule has 1 atom stereocenters. The molecule has 1 aliphatic rings. The van der Waals surface area contributed by atoms with E-state index in [1.807, 2.05) is 30.5 Å². The van der Waals surface area contributed by atoms with Crippen LogP contribution in [0.3, 0.4) is 0 Å². The highest BCUT2D eigenvalue weighted by molar-refractivity contribution is 5.86. The number of aromatic nitrogens is 1. The van der Waals surface area contributed by atoms with E-state index in [1.54, 1.807) is 20.8 Å². The Morgan fingerprint density at radius 1 is 1.06 bits per heavy atom. The van der Waals surface area contributed by atoms with Gasteiger partial charge in [0.2, 0.25) is 0 Å². The maximum atomic E-state index is 13.1. The second-order valence-electron chi connectivity index (χ2n) is 9.56. The molecule has 6 nitrogen and oxygen atoms in total. The van der Waals surface area contributed by atoms with Crippen molar-refractivity contribution in [3.05, 3.63) is 58.3 Å². The molecule has 1 heterocycles. The minimum atomic E-state index is -0.860. The Balaban J connectivity index is 1.77. The lowest BCUT2D eigenvalue weighted by Gasteiger charge is -2.23. The summed E-state index contributed by atoms with van der Waals surface area (Å²) in [5, 5.41) is 3.73. The fraction of sp³-hybridized carbons (Fsp3) is 0.462. The summed E-state index contributed by atoms with van der Waals surface area (Å²) < 4.78 is 11.1. The van der Waals surface area contributed by atoms with E-state index in [1.165, 1.54) is 22.3 Å². The highest BCUT2D eigenvalue weighted by Crippen LogP contribution is 2.36. The quantitative estimate of drug-likeness (QED) is 0.588. The molecule has 172 valence electrons. The molecule has 0 saturated heterocycles. The molecule has 6 heteroatoms. The highest BCUT2D eigenvalue weighted by Gasteiger charge is 2.30. The first-order valence-electron chi connectivity index (χ1n) is 11.0. The molecule has 1 aromatic carbocycles. The average molecular weight is 439 g/mol. The number of H-pyrrole nitrogens is 1. The monoisotopic (exact) mass is 438 g/mol. The number of rotatable bonds is 6. The summed E-state index contributed by atoms with van der Waals surface area (Å²) in [6, 6.07) is 7.00. The van der Waals surface area contributed by atoms with Crippen LogP contribution in [-0.2, 0) is 20.7 Å². The van der Waals surface area contributed by atoms with Crippen molar-refractivity contribution in [2.24, 2.45) is 5.92 Å². The van der Waals surface area contributed by atoms with Crippen LogP contribution in [0.2, 0.25) is 0 Å². The Kier molecular flexibility index (Phi) is 6.82. The topological polar surface area (TPSA) is 80.4 Å². The van der Waals surface area contributed by atoms with Crippen LogP contribution in [0.1, 0.15) is 54.0 Å². The molecule has 0 saturated carbocycles. The van der Waals surface area contributed by atoms with E-state index in [0.717, 1.165) is 16.5 Å². The van der Waals surface area contributed by atoms with Crippen LogP contribution >= 0.6 is 0 Å². The highest BCUT2D eigenvalue weighted by atomic mass is 16.6. The maximum Gasteiger partial charge on any atom is 0.408 e. The molecule has 3 rings (SSSR count). The van der Waals surface area contributed by atoms with Gasteiger partial charge in [0, 0.05) is 29.4 Å². The standard InChI is InChI=1S/C26H34N2O4/c1-15-16(2)18(4)21(17(15)3)14-31-24(29)23(28-25(30)32-26(5,6)7)12-19-13-27-22-11-9-8-10-20(19)22/h8-11,13,21,23,27H,12,14H2,1-7H3,(H,28,30)/t23-/m0/s1. The fourth-order valence-electron chi connectivity index (χ4n) is 4.12. The second kappa shape index (κ2) is 9.23. The molecular formula is C26H34N2O4. The Morgan fingerprint density at radius 2 is 1.69 bits per heavy atom. The van der Waals surface area contributed by atoms with Gasteiger partial charge in [-0.05, 0) is 71.2 Å². The lowest BCUT2D eigenvalue weighted by molar-refractivity contribution is -0.146. The molecule has 0 aliphatic heterocycles. The normalized spacial score (nSPS) is 16.0. The third kappa shape index (κ3) is 5.23. The fourth-order valence-corrected chi connectivity index (χ4v) is 4.12. The Hall–Kier alpha value is -3.02. The van der Waals surface area contributed by atoms with Gasteiger partial charge in [-0.25, -0.2) is 9.59 Å². The van der Waals surface area contributed by atoms with E-state index in [2.05, 4.69) is 38.0 Å². The van der Waals surface area contributed by atoms with Crippen LogP contribution in [0.4, 0.5) is 4.79 Å². The van der Waals surface area contributed by atoms with Crippen LogP contribution in [0.5, 0.6) is 0 Å². The average Bonchev–Trinajstić information content (AvgIpc) is 3.20. The smallest absolute Gasteiger partial charge is 0.408 e. The van der Waals surface area contributed by atoms with E-state index in [9.17, 15) is 9.59 Å². The molecular weight excluding hydrogens is 404 g/mol. The molecule has 1 amide bonds. The van der Waals surface area contributed by atoms with Gasteiger partial charge in [-0.3, -0.25) is 0 Å². The first-order valence-corrected chi connectivity index (χ1v) is 11.0. The van der Waals surface area contributed by atoms with E-state index in [4.69, 9.17) is 9.47 Å². The van der Waals surface area contributed by atoms with Crippen LogP contribution in [0.15, 0.2) is 52.8 Å². The van der Waals surface area contributed by atoms with Crippen LogP contribution < -0.4 is 5.32 Å². The summed E-state index contributed by atoms with van der Waals surface area (Å²) in [5.74, 6) is -0.391. The summed E-state index contributed by atoms with van der Waals surface area (Å²) >= 11 is 0. The molecule has 0 radical (unpaired) electrons. The van der Waals surface area contributed by atoms with E-state index in [-0.39, 0.29) is 12.5 Å². The minimum Gasteiger partial charge on any atom is -0.463 e. The second-order valence-corrected chi connectivity index (χ2v) is 9.56. The Bertz CT molecular complexity index is 1060. The van der Waals surface area contributed by atoms with Crippen LogP contribution in [0.25, 0.3) is 10.9 Å². The van der Waals surface area contributed by atoms with Crippen molar-refractivity contribution in [1.29, 1.82) is 0 Å². The molecule has 0 unspecified atom stereocenters. The number of alkyl carbamates (subject to hydrolysis) is 1. The molecule has 2 aromatic rings. The number of allylic oxidation sites excluding steroid dienone is 2. The van der Waals surface area contributed by atoms with Gasteiger partial charge >= 0.3 is 12.1 Å². The number of esters is 1. The van der Waals surface area contributed by atoms with Crippen molar-refractivity contribution >= 4 is 23.0 Å². The summed E-state index contributed by atoms with van der Waals surface area (Å²) in [7, 11) is 0. The molecule has 1 aliphatic carbocycles. The van der Waals surface area contributed by atoms with Crippen molar-refractivity contribution in [3.8, 4) is 0 Å². The summed E-state index contributed by atoms with van der Waals surface area (Å²) in [5.41, 5.74) is 6.20. The number of para-hydroxylation sites is 1. The first-order chi connectivity index (χ1) is 15.0. The minimum absolute atomic E-state index is 0.0780. The number of carbonyl (C=O) groups excluding carboxylic acids is 2. The number of benzene rings is 1. The van der Waals surface area contributed by atoms with Gasteiger partial charge in [0.15, 0.2) is 0 Å². The third-order valence-electron chi connectivity index (χ3n) is 6.26. The summed E-state index contributed by atoms with van der Waals surface area (Å²) in [6.45, 7) is 14.0. The number of nitrogens with one attached hydrogen (secondary N) is 2. The van der Waals surface area contributed by atoms with Gasteiger partial charge in [-0.15, -0.1) is 0 Å². The number of fused-ring (bicyclic) bond motifs is 1. The predicted octanol–water partition coefficient (Wildman–Crippen LogP) is 5.45. The van der Waals surface area contributed by atoms with Crippen molar-refractivity contribution < 1.29 is 19.1 Å². The van der Waals surface area contributed by atoms with Gasteiger partial charge < -0.3 is 19.8 Å². The van der Waals surface area contributed by atoms with E-state index < -0.39 is 23.7 Å². The molecule has 0 bridgehead atoms. The zero-order chi connectivity index (χ0) is 23.6. The number of hydrogen-bond donors (Lipinski definition) is 2. The van der Waals surface area contributed by atoms with Crippen LogP contribution in [0, 0.1) is 5.92 Å².